The Morgan fingerprint density at radius 3 is 2.68 bits per heavy atom. The summed E-state index contributed by atoms with van der Waals surface area (Å²) in [4.78, 5) is 11.8. The topological polar surface area (TPSA) is 37.3 Å². The van der Waals surface area contributed by atoms with Crippen LogP contribution in [0.2, 0.25) is 0 Å². The average molecular weight is 302 g/mol. The fourth-order valence-electron chi connectivity index (χ4n) is 6.90. The number of rotatable bonds is 0. The van der Waals surface area contributed by atoms with Gasteiger partial charge in [0.2, 0.25) is 0 Å². The number of ketones is 1. The number of carbonyl (C=O) groups excluding carboxylic acids is 1. The minimum atomic E-state index is -0.115. The molecule has 0 aromatic rings. The van der Waals surface area contributed by atoms with Gasteiger partial charge in [-0.15, -0.1) is 0 Å². The molecule has 4 aliphatic rings. The Balaban J connectivity index is 1.69. The van der Waals surface area contributed by atoms with Crippen LogP contribution in [0.4, 0.5) is 0 Å². The van der Waals surface area contributed by atoms with E-state index in [0.29, 0.717) is 17.6 Å². The minimum absolute atomic E-state index is 0.115. The van der Waals surface area contributed by atoms with Crippen molar-refractivity contribution >= 4 is 5.78 Å². The summed E-state index contributed by atoms with van der Waals surface area (Å²) in [7, 11) is 0. The number of carbonyl (C=O) groups is 1. The highest BCUT2D eigenvalue weighted by atomic mass is 16.3. The molecule has 0 radical (unpaired) electrons. The van der Waals surface area contributed by atoms with E-state index in [9.17, 15) is 9.90 Å². The van der Waals surface area contributed by atoms with Crippen molar-refractivity contribution in [3.8, 4) is 0 Å². The van der Waals surface area contributed by atoms with Crippen molar-refractivity contribution in [3.05, 3.63) is 11.6 Å². The molecule has 3 fully saturated rings. The van der Waals surface area contributed by atoms with Crippen molar-refractivity contribution in [2.75, 3.05) is 0 Å². The first-order valence-electron chi connectivity index (χ1n) is 9.28. The summed E-state index contributed by atoms with van der Waals surface area (Å²) >= 11 is 0. The second kappa shape index (κ2) is 4.69. The lowest BCUT2D eigenvalue weighted by molar-refractivity contribution is -0.118. The van der Waals surface area contributed by atoms with Crippen LogP contribution in [0.5, 0.6) is 0 Å². The monoisotopic (exact) mass is 302 g/mol. The lowest BCUT2D eigenvalue weighted by Crippen LogP contribution is -2.51. The van der Waals surface area contributed by atoms with Gasteiger partial charge in [-0.1, -0.05) is 26.3 Å². The quantitative estimate of drug-likeness (QED) is 0.730. The summed E-state index contributed by atoms with van der Waals surface area (Å²) in [5.74, 6) is 2.97. The molecule has 2 heteroatoms. The number of fused-ring (bicyclic) bond motifs is 5. The molecule has 0 aliphatic heterocycles. The maximum absolute atomic E-state index is 11.8. The molecule has 0 amide bonds. The highest BCUT2D eigenvalue weighted by Crippen LogP contribution is 2.65. The predicted octanol–water partition coefficient (Wildman–Crippen LogP) is 4.13. The maximum atomic E-state index is 11.8. The second-order valence-corrected chi connectivity index (χ2v) is 9.17. The summed E-state index contributed by atoms with van der Waals surface area (Å²) in [5, 5.41) is 10.7. The molecule has 0 aromatic heterocycles. The zero-order chi connectivity index (χ0) is 15.7. The van der Waals surface area contributed by atoms with E-state index in [1.807, 2.05) is 6.08 Å². The van der Waals surface area contributed by atoms with Gasteiger partial charge in [-0.05, 0) is 79.1 Å². The molecule has 4 aliphatic carbocycles. The Morgan fingerprint density at radius 2 is 1.91 bits per heavy atom. The van der Waals surface area contributed by atoms with Gasteiger partial charge < -0.3 is 5.11 Å². The van der Waals surface area contributed by atoms with Gasteiger partial charge in [-0.2, -0.15) is 0 Å². The van der Waals surface area contributed by atoms with Gasteiger partial charge in [-0.3, -0.25) is 4.79 Å². The van der Waals surface area contributed by atoms with E-state index in [0.717, 1.165) is 31.1 Å². The molecule has 0 bridgehead atoms. The van der Waals surface area contributed by atoms with Crippen molar-refractivity contribution in [2.45, 2.75) is 71.8 Å². The van der Waals surface area contributed by atoms with Crippen LogP contribution in [0, 0.1) is 34.5 Å². The zero-order valence-electron chi connectivity index (χ0n) is 14.3. The molecule has 4 rings (SSSR count). The Labute approximate surface area is 134 Å². The second-order valence-electron chi connectivity index (χ2n) is 9.17. The third kappa shape index (κ3) is 1.79. The third-order valence-corrected chi connectivity index (χ3v) is 8.24. The van der Waals surface area contributed by atoms with Gasteiger partial charge in [0.1, 0.15) is 0 Å². The normalized spacial score (nSPS) is 54.3. The molecule has 1 N–H and O–H groups in total. The molecular weight excluding hydrogens is 272 g/mol. The van der Waals surface area contributed by atoms with Gasteiger partial charge in [0, 0.05) is 6.42 Å². The highest BCUT2D eigenvalue weighted by Gasteiger charge is 2.60. The molecule has 0 saturated heterocycles. The third-order valence-electron chi connectivity index (χ3n) is 8.24. The lowest BCUT2D eigenvalue weighted by Gasteiger charge is -2.57. The van der Waals surface area contributed by atoms with Gasteiger partial charge in [0.25, 0.3) is 0 Å². The van der Waals surface area contributed by atoms with E-state index >= 15 is 0 Å². The van der Waals surface area contributed by atoms with E-state index in [4.69, 9.17) is 0 Å². The molecule has 122 valence electrons. The van der Waals surface area contributed by atoms with Crippen LogP contribution in [0.1, 0.15) is 65.7 Å². The van der Waals surface area contributed by atoms with Crippen LogP contribution in [0.3, 0.4) is 0 Å². The molecule has 0 spiro atoms. The first-order valence-corrected chi connectivity index (χ1v) is 9.28. The number of aliphatic hydroxyl groups excluding tert-OH is 1. The van der Waals surface area contributed by atoms with Crippen molar-refractivity contribution in [2.24, 2.45) is 34.5 Å². The summed E-state index contributed by atoms with van der Waals surface area (Å²) in [6, 6.07) is 0. The number of aliphatic hydroxyl groups is 1. The zero-order valence-corrected chi connectivity index (χ0v) is 14.3. The van der Waals surface area contributed by atoms with Gasteiger partial charge in [0.15, 0.2) is 5.78 Å². The molecule has 3 saturated carbocycles. The average Bonchev–Trinajstić information content (AvgIpc) is 2.72. The van der Waals surface area contributed by atoms with Gasteiger partial charge in [0.05, 0.1) is 6.10 Å². The van der Waals surface area contributed by atoms with E-state index in [1.54, 1.807) is 0 Å². The summed E-state index contributed by atoms with van der Waals surface area (Å²) in [5.41, 5.74) is 1.85. The number of hydrogen-bond donors (Lipinski definition) is 1. The predicted molar refractivity (Wildman–Crippen MR) is 87.3 cm³/mol. The summed E-state index contributed by atoms with van der Waals surface area (Å²) in [6.07, 6.45) is 9.62. The molecule has 0 aromatic carbocycles. The van der Waals surface area contributed by atoms with E-state index in [-0.39, 0.29) is 16.9 Å². The van der Waals surface area contributed by atoms with Crippen LogP contribution in [0.25, 0.3) is 0 Å². The van der Waals surface area contributed by atoms with Crippen LogP contribution in [-0.4, -0.2) is 17.0 Å². The van der Waals surface area contributed by atoms with Crippen LogP contribution >= 0.6 is 0 Å². The minimum Gasteiger partial charge on any atom is -0.392 e. The van der Waals surface area contributed by atoms with Crippen LogP contribution < -0.4 is 0 Å². The van der Waals surface area contributed by atoms with Crippen LogP contribution in [-0.2, 0) is 4.79 Å². The van der Waals surface area contributed by atoms with E-state index < -0.39 is 0 Å². The van der Waals surface area contributed by atoms with Crippen molar-refractivity contribution in [1.29, 1.82) is 0 Å². The molecule has 22 heavy (non-hydrogen) atoms. The smallest absolute Gasteiger partial charge is 0.155 e. The fourth-order valence-corrected chi connectivity index (χ4v) is 6.90. The Morgan fingerprint density at radius 1 is 1.14 bits per heavy atom. The van der Waals surface area contributed by atoms with E-state index in [1.165, 1.54) is 31.3 Å². The molecule has 2 nitrogen and oxygen atoms in total. The Hall–Kier alpha value is -0.630. The Kier molecular flexibility index (Phi) is 3.18. The molecule has 7 atom stereocenters. The SMILES string of the molecule is C[C@H]1C[C@H]2C3CCC4=CC(=O)CC[C@]4(C)[C@H]3CC[C@]2(C)[C@H]1O. The molecular formula is C20H30O2. The largest absolute Gasteiger partial charge is 0.392 e. The van der Waals surface area contributed by atoms with Crippen molar-refractivity contribution in [3.63, 3.8) is 0 Å². The first-order chi connectivity index (χ1) is 10.4. The molecule has 1 unspecified atom stereocenters. The first kappa shape index (κ1) is 14.9. The number of hydrogen-bond acceptors (Lipinski definition) is 2. The standard InChI is InChI=1S/C20H30O2/c1-12-10-17-15-5-4-13-11-14(21)6-8-19(13,2)16(15)7-9-20(17,3)18(12)22/h11-12,15-18,22H,4-10H2,1-3H3/t12-,15?,16-,17-,18-,19-,20-/m0/s1. The van der Waals surface area contributed by atoms with Gasteiger partial charge in [-0.25, -0.2) is 0 Å². The van der Waals surface area contributed by atoms with Crippen LogP contribution in [0.15, 0.2) is 11.6 Å². The maximum Gasteiger partial charge on any atom is 0.155 e. The van der Waals surface area contributed by atoms with E-state index in [2.05, 4.69) is 20.8 Å². The lowest BCUT2D eigenvalue weighted by atomic mass is 9.47. The highest BCUT2D eigenvalue weighted by molar-refractivity contribution is 5.91. The van der Waals surface area contributed by atoms with Gasteiger partial charge >= 0.3 is 0 Å². The van der Waals surface area contributed by atoms with Crippen molar-refractivity contribution in [1.82, 2.24) is 0 Å². The fraction of sp³-hybridized carbons (Fsp3) is 0.850. The summed E-state index contributed by atoms with van der Waals surface area (Å²) < 4.78 is 0. The van der Waals surface area contributed by atoms with Crippen molar-refractivity contribution < 1.29 is 9.90 Å². The molecule has 0 heterocycles. The summed E-state index contributed by atoms with van der Waals surface area (Å²) in [6.45, 7) is 7.01. The number of allylic oxidation sites excluding steroid dienone is 1. The Bertz CT molecular complexity index is 536.